The second-order valence-corrected chi connectivity index (χ2v) is 6.16. The van der Waals surface area contributed by atoms with Crippen LogP contribution in [0.15, 0.2) is 29.4 Å². The maximum Gasteiger partial charge on any atom is 0.333 e. The molecule has 0 bridgehead atoms. The Balaban J connectivity index is 1.90. The van der Waals surface area contributed by atoms with Gasteiger partial charge in [-0.25, -0.2) is 9.59 Å². The Morgan fingerprint density at radius 3 is 2.48 bits per heavy atom. The van der Waals surface area contributed by atoms with Gasteiger partial charge >= 0.3 is 5.97 Å². The molecule has 1 aliphatic carbocycles. The van der Waals surface area contributed by atoms with Crippen molar-refractivity contribution in [1.29, 1.82) is 0 Å². The summed E-state index contributed by atoms with van der Waals surface area (Å²) in [6.45, 7) is 4.15. The first-order valence-electron chi connectivity index (χ1n) is 8.32. The van der Waals surface area contributed by atoms with Gasteiger partial charge in [-0.05, 0) is 12.2 Å². The standard InChI is InChI=1S/C17H21N3O5/c21-12-14-11-13(15(22)19-7-9-25-10-8-19)1-2-17(14,16(23)24)20-5-3-18-4-6-20/h1-2,11,18H,3-10H2,(H,23,24). The number of hydrogen-bond donors (Lipinski definition) is 2. The number of hydrogen-bond acceptors (Lipinski definition) is 6. The molecule has 2 aliphatic heterocycles. The smallest absolute Gasteiger partial charge is 0.333 e. The molecule has 0 aromatic heterocycles. The van der Waals surface area contributed by atoms with Gasteiger partial charge in [0.25, 0.3) is 5.91 Å². The molecular weight excluding hydrogens is 326 g/mol. The van der Waals surface area contributed by atoms with Crippen LogP contribution in [0, 0.1) is 0 Å². The number of carboxylic acids is 1. The number of amides is 1. The van der Waals surface area contributed by atoms with Crippen molar-refractivity contribution < 1.29 is 24.2 Å². The van der Waals surface area contributed by atoms with Crippen molar-refractivity contribution in [2.75, 3.05) is 52.5 Å². The lowest BCUT2D eigenvalue weighted by molar-refractivity contribution is -0.146. The Morgan fingerprint density at radius 2 is 1.88 bits per heavy atom. The van der Waals surface area contributed by atoms with E-state index in [4.69, 9.17) is 4.74 Å². The lowest BCUT2D eigenvalue weighted by Crippen LogP contribution is -2.60. The number of carboxylic acid groups (broad SMARTS) is 1. The Bertz CT molecular complexity index is 668. The molecule has 3 rings (SSSR count). The highest BCUT2D eigenvalue weighted by molar-refractivity contribution is 6.01. The molecule has 8 nitrogen and oxygen atoms in total. The number of carbonyl (C=O) groups is 2. The molecule has 0 saturated carbocycles. The van der Waals surface area contributed by atoms with Crippen LogP contribution >= 0.6 is 0 Å². The Labute approximate surface area is 145 Å². The molecule has 2 N–H and O–H groups in total. The lowest BCUT2D eigenvalue weighted by Gasteiger charge is -2.42. The highest BCUT2D eigenvalue weighted by Crippen LogP contribution is 2.32. The van der Waals surface area contributed by atoms with Gasteiger partial charge in [0, 0.05) is 44.8 Å². The summed E-state index contributed by atoms with van der Waals surface area (Å²) in [5.41, 5.74) is -1.31. The molecule has 3 aliphatic rings. The predicted molar refractivity (Wildman–Crippen MR) is 88.6 cm³/mol. The normalized spacial score (nSPS) is 27.6. The first-order valence-corrected chi connectivity index (χ1v) is 8.32. The van der Waals surface area contributed by atoms with E-state index < -0.39 is 11.5 Å². The minimum Gasteiger partial charge on any atom is -0.479 e. The SMILES string of the molecule is O=C=C1C=C(C(=O)N2CCOCC2)C=CC1(C(=O)O)N1CCNCC1. The second kappa shape index (κ2) is 7.33. The van der Waals surface area contributed by atoms with Crippen molar-refractivity contribution in [2.45, 2.75) is 5.54 Å². The van der Waals surface area contributed by atoms with Gasteiger partial charge < -0.3 is 20.1 Å². The summed E-state index contributed by atoms with van der Waals surface area (Å²) in [6, 6.07) is 0. The Morgan fingerprint density at radius 1 is 1.20 bits per heavy atom. The number of rotatable bonds is 3. The zero-order chi connectivity index (χ0) is 17.9. The number of aliphatic carboxylic acids is 1. The van der Waals surface area contributed by atoms with Crippen molar-refractivity contribution in [2.24, 2.45) is 0 Å². The number of nitrogens with zero attached hydrogens (tertiary/aromatic N) is 2. The fourth-order valence-corrected chi connectivity index (χ4v) is 3.42. The molecule has 0 aromatic carbocycles. The summed E-state index contributed by atoms with van der Waals surface area (Å²) in [5.74, 6) is 0.391. The Hall–Kier alpha value is -2.25. The first-order chi connectivity index (χ1) is 12.1. The van der Waals surface area contributed by atoms with E-state index in [1.54, 1.807) is 15.7 Å². The molecule has 1 atom stereocenters. The van der Waals surface area contributed by atoms with E-state index in [9.17, 15) is 19.5 Å². The van der Waals surface area contributed by atoms with E-state index >= 15 is 0 Å². The van der Waals surface area contributed by atoms with Crippen molar-refractivity contribution >= 4 is 17.8 Å². The molecule has 0 spiro atoms. The molecule has 25 heavy (non-hydrogen) atoms. The third kappa shape index (κ3) is 3.17. The molecule has 134 valence electrons. The highest BCUT2D eigenvalue weighted by Gasteiger charge is 2.48. The van der Waals surface area contributed by atoms with Crippen LogP contribution in [0.5, 0.6) is 0 Å². The molecule has 1 amide bonds. The molecular formula is C17H21N3O5. The summed E-state index contributed by atoms with van der Waals surface area (Å²) >= 11 is 0. The number of piperazine rings is 1. The summed E-state index contributed by atoms with van der Waals surface area (Å²) < 4.78 is 5.23. The third-order valence-electron chi connectivity index (χ3n) is 4.81. The predicted octanol–water partition coefficient (Wildman–Crippen LogP) is -1.17. The molecule has 1 unspecified atom stereocenters. The van der Waals surface area contributed by atoms with Crippen molar-refractivity contribution in [3.05, 3.63) is 29.4 Å². The van der Waals surface area contributed by atoms with E-state index in [2.05, 4.69) is 5.32 Å². The van der Waals surface area contributed by atoms with Gasteiger partial charge in [0.05, 0.1) is 18.8 Å². The summed E-state index contributed by atoms with van der Waals surface area (Å²) in [4.78, 5) is 39.6. The van der Waals surface area contributed by atoms with Gasteiger partial charge in [-0.3, -0.25) is 9.69 Å². The Kier molecular flexibility index (Phi) is 5.15. The van der Waals surface area contributed by atoms with Gasteiger partial charge in [-0.1, -0.05) is 6.08 Å². The molecule has 0 radical (unpaired) electrons. The van der Waals surface area contributed by atoms with E-state index in [-0.39, 0.29) is 11.5 Å². The van der Waals surface area contributed by atoms with Gasteiger partial charge in [0.2, 0.25) is 0 Å². The van der Waals surface area contributed by atoms with Crippen LogP contribution in [0.1, 0.15) is 0 Å². The maximum atomic E-state index is 12.6. The van der Waals surface area contributed by atoms with Crippen LogP contribution < -0.4 is 5.32 Å². The van der Waals surface area contributed by atoms with E-state index in [1.807, 2.05) is 0 Å². The number of carbonyl (C=O) groups excluding carboxylic acids is 2. The fraction of sp³-hybridized carbons (Fsp3) is 0.529. The van der Waals surface area contributed by atoms with Crippen molar-refractivity contribution in [3.8, 4) is 0 Å². The number of nitrogens with one attached hydrogen (secondary N) is 1. The first kappa shape index (κ1) is 17.6. The molecule has 2 fully saturated rings. The summed E-state index contributed by atoms with van der Waals surface area (Å²) in [7, 11) is 0. The van der Waals surface area contributed by atoms with E-state index in [0.717, 1.165) is 0 Å². The largest absolute Gasteiger partial charge is 0.479 e. The summed E-state index contributed by atoms with van der Waals surface area (Å²) in [6.07, 6.45) is 4.31. The van der Waals surface area contributed by atoms with Crippen LogP contribution in [0.2, 0.25) is 0 Å². The highest BCUT2D eigenvalue weighted by atomic mass is 16.5. The zero-order valence-electron chi connectivity index (χ0n) is 13.9. The quantitative estimate of drug-likeness (QED) is 0.621. The fourth-order valence-electron chi connectivity index (χ4n) is 3.42. The zero-order valence-corrected chi connectivity index (χ0v) is 13.9. The van der Waals surface area contributed by atoms with E-state index in [1.165, 1.54) is 18.2 Å². The van der Waals surface area contributed by atoms with Crippen LogP contribution in [-0.2, 0) is 19.1 Å². The van der Waals surface area contributed by atoms with Crippen LogP contribution in [0.3, 0.4) is 0 Å². The third-order valence-corrected chi connectivity index (χ3v) is 4.81. The van der Waals surface area contributed by atoms with Crippen LogP contribution in [0.25, 0.3) is 0 Å². The monoisotopic (exact) mass is 347 g/mol. The lowest BCUT2D eigenvalue weighted by atomic mass is 9.82. The molecule has 2 heterocycles. The number of ether oxygens (including phenoxy) is 1. The molecule has 8 heteroatoms. The van der Waals surface area contributed by atoms with Crippen LogP contribution in [0.4, 0.5) is 0 Å². The van der Waals surface area contributed by atoms with Gasteiger partial charge in [-0.15, -0.1) is 0 Å². The van der Waals surface area contributed by atoms with E-state index in [0.29, 0.717) is 58.1 Å². The minimum absolute atomic E-state index is 0.0407. The van der Waals surface area contributed by atoms with Crippen molar-refractivity contribution in [3.63, 3.8) is 0 Å². The minimum atomic E-state index is -1.57. The summed E-state index contributed by atoms with van der Waals surface area (Å²) in [5, 5.41) is 13.0. The van der Waals surface area contributed by atoms with Crippen molar-refractivity contribution in [1.82, 2.24) is 15.1 Å². The van der Waals surface area contributed by atoms with Gasteiger partial charge in [0.15, 0.2) is 5.54 Å². The average Bonchev–Trinajstić information content (AvgIpc) is 2.68. The molecule has 2 saturated heterocycles. The molecule has 0 aromatic rings. The number of morpholine rings is 1. The topological polar surface area (TPSA) is 99.2 Å². The van der Waals surface area contributed by atoms with Crippen LogP contribution in [-0.4, -0.2) is 90.7 Å². The second-order valence-electron chi connectivity index (χ2n) is 6.16. The van der Waals surface area contributed by atoms with Gasteiger partial charge in [0.1, 0.15) is 5.94 Å². The van der Waals surface area contributed by atoms with Gasteiger partial charge in [-0.2, -0.15) is 0 Å². The average molecular weight is 347 g/mol. The maximum absolute atomic E-state index is 12.6.